The predicted molar refractivity (Wildman–Crippen MR) is 89.4 cm³/mol. The molecule has 22 heavy (non-hydrogen) atoms. The first-order chi connectivity index (χ1) is 10.6. The van der Waals surface area contributed by atoms with E-state index in [-0.39, 0.29) is 23.7 Å². The molecule has 5 aliphatic rings. The van der Waals surface area contributed by atoms with Crippen molar-refractivity contribution in [2.24, 2.45) is 35.5 Å². The van der Waals surface area contributed by atoms with Gasteiger partial charge in [0.05, 0.1) is 18.4 Å². The van der Waals surface area contributed by atoms with Crippen molar-refractivity contribution in [3.63, 3.8) is 0 Å². The Morgan fingerprint density at radius 3 is 2.05 bits per heavy atom. The van der Waals surface area contributed by atoms with E-state index in [1.807, 2.05) is 24.3 Å². The van der Waals surface area contributed by atoms with Crippen molar-refractivity contribution in [3.05, 3.63) is 45.6 Å². The normalized spacial score (nSPS) is 40.9. The second-order valence-corrected chi connectivity index (χ2v) is 8.29. The molecule has 1 saturated heterocycles. The molecule has 1 heterocycles. The Kier molecular flexibility index (Phi) is 2.68. The molecule has 0 radical (unpaired) electrons. The average Bonchev–Trinajstić information content (AvgIpc) is 3.30. The molecule has 3 nitrogen and oxygen atoms in total. The predicted octanol–water partition coefficient (Wildman–Crippen LogP) is 2.84. The summed E-state index contributed by atoms with van der Waals surface area (Å²) in [5, 5.41) is 0. The molecular weight excluding hydrogens is 389 g/mol. The third kappa shape index (κ3) is 1.67. The number of allylic oxidation sites excluding steroid dienone is 2. The summed E-state index contributed by atoms with van der Waals surface area (Å²) in [6.07, 6.45) is 5.66. The number of likely N-dealkylation sites (tertiary alicyclic amines) is 1. The molecule has 2 amide bonds. The van der Waals surface area contributed by atoms with Crippen LogP contribution < -0.4 is 0 Å². The van der Waals surface area contributed by atoms with E-state index in [9.17, 15) is 9.59 Å². The number of carbonyl (C=O) groups excluding carboxylic acids is 2. The van der Waals surface area contributed by atoms with Crippen LogP contribution in [0.3, 0.4) is 0 Å². The molecular formula is C18H16INO2. The minimum atomic E-state index is -0.0740. The standard InChI is InChI=1S/C18H16INO2/c19-10-3-1-9(2-4-10)8-20-17(21)15-11-5-6-12(14-7-13(11)14)16(15)18(20)22/h1-6,11-16H,7-8H2/t11-,12-,13-,14+,15-,16+/m0/s1. The fraction of sp³-hybridized carbons (Fsp3) is 0.444. The maximum atomic E-state index is 12.8. The third-order valence-electron chi connectivity index (χ3n) is 6.01. The quantitative estimate of drug-likeness (QED) is 0.431. The molecule has 3 fully saturated rings. The summed E-state index contributed by atoms with van der Waals surface area (Å²) in [7, 11) is 0. The van der Waals surface area contributed by atoms with Crippen LogP contribution in [0.4, 0.5) is 0 Å². The Hall–Kier alpha value is -1.17. The Labute approximate surface area is 142 Å². The van der Waals surface area contributed by atoms with Gasteiger partial charge in [-0.15, -0.1) is 0 Å². The van der Waals surface area contributed by atoms with Crippen LogP contribution in [0, 0.1) is 39.1 Å². The van der Waals surface area contributed by atoms with Gasteiger partial charge in [-0.3, -0.25) is 14.5 Å². The lowest BCUT2D eigenvalue weighted by atomic mass is 9.63. The Morgan fingerprint density at radius 1 is 0.955 bits per heavy atom. The first kappa shape index (κ1) is 13.3. The number of hydrogen-bond acceptors (Lipinski definition) is 2. The van der Waals surface area contributed by atoms with Gasteiger partial charge in [0.15, 0.2) is 0 Å². The number of nitrogens with zero attached hydrogens (tertiary/aromatic N) is 1. The van der Waals surface area contributed by atoms with E-state index in [4.69, 9.17) is 0 Å². The van der Waals surface area contributed by atoms with Gasteiger partial charge in [-0.2, -0.15) is 0 Å². The van der Waals surface area contributed by atoms with Crippen molar-refractivity contribution >= 4 is 34.4 Å². The van der Waals surface area contributed by atoms with Gasteiger partial charge in [0.1, 0.15) is 0 Å². The summed E-state index contributed by atoms with van der Waals surface area (Å²) in [4.78, 5) is 27.2. The summed E-state index contributed by atoms with van der Waals surface area (Å²) >= 11 is 2.26. The molecule has 0 spiro atoms. The lowest BCUT2D eigenvalue weighted by Gasteiger charge is -2.37. The van der Waals surface area contributed by atoms with Crippen LogP contribution in [-0.2, 0) is 16.1 Å². The molecule has 1 aliphatic heterocycles. The lowest BCUT2D eigenvalue weighted by Crippen LogP contribution is -2.40. The summed E-state index contributed by atoms with van der Waals surface area (Å²) < 4.78 is 1.16. The van der Waals surface area contributed by atoms with Crippen LogP contribution in [0.25, 0.3) is 0 Å². The largest absolute Gasteiger partial charge is 0.278 e. The highest BCUT2D eigenvalue weighted by Gasteiger charge is 2.66. The minimum Gasteiger partial charge on any atom is -0.278 e. The summed E-state index contributed by atoms with van der Waals surface area (Å²) in [5.74, 6) is 1.97. The number of carbonyl (C=O) groups is 2. The van der Waals surface area contributed by atoms with E-state index in [2.05, 4.69) is 34.7 Å². The molecule has 4 heteroatoms. The van der Waals surface area contributed by atoms with Gasteiger partial charge >= 0.3 is 0 Å². The van der Waals surface area contributed by atoms with Crippen LogP contribution in [0.2, 0.25) is 0 Å². The SMILES string of the molecule is O=C1[C@@H]2[C@H]3C=C[C@@H]([C@@H]4C[C@H]34)[C@@H]2C(=O)N1Cc1ccc(I)cc1. The number of rotatable bonds is 2. The van der Waals surface area contributed by atoms with E-state index < -0.39 is 0 Å². The molecule has 2 bridgehead atoms. The van der Waals surface area contributed by atoms with Gasteiger partial charge in [-0.05, 0) is 70.4 Å². The summed E-state index contributed by atoms with van der Waals surface area (Å²) in [6.45, 7) is 0.427. The second-order valence-electron chi connectivity index (χ2n) is 7.04. The first-order valence-electron chi connectivity index (χ1n) is 7.93. The molecule has 6 atom stereocenters. The van der Waals surface area contributed by atoms with Crippen molar-refractivity contribution in [3.8, 4) is 0 Å². The highest BCUT2D eigenvalue weighted by Crippen LogP contribution is 2.65. The van der Waals surface area contributed by atoms with E-state index in [1.165, 1.54) is 11.3 Å². The lowest BCUT2D eigenvalue weighted by molar-refractivity contribution is -0.140. The maximum absolute atomic E-state index is 12.8. The van der Waals surface area contributed by atoms with Crippen molar-refractivity contribution in [1.82, 2.24) is 4.90 Å². The van der Waals surface area contributed by atoms with Gasteiger partial charge in [0, 0.05) is 3.57 Å². The van der Waals surface area contributed by atoms with Crippen LogP contribution in [0.1, 0.15) is 12.0 Å². The van der Waals surface area contributed by atoms with Crippen molar-refractivity contribution in [2.75, 3.05) is 0 Å². The maximum Gasteiger partial charge on any atom is 0.234 e. The third-order valence-corrected chi connectivity index (χ3v) is 6.73. The topological polar surface area (TPSA) is 37.4 Å². The Balaban J connectivity index is 1.46. The van der Waals surface area contributed by atoms with Crippen LogP contribution in [-0.4, -0.2) is 16.7 Å². The van der Waals surface area contributed by atoms with Crippen molar-refractivity contribution in [2.45, 2.75) is 13.0 Å². The molecule has 6 rings (SSSR count). The molecule has 2 saturated carbocycles. The fourth-order valence-corrected chi connectivity index (χ4v) is 5.31. The van der Waals surface area contributed by atoms with Crippen LogP contribution in [0.5, 0.6) is 0 Å². The molecule has 0 N–H and O–H groups in total. The molecule has 0 aromatic heterocycles. The molecule has 112 valence electrons. The Morgan fingerprint density at radius 2 is 1.50 bits per heavy atom. The fourth-order valence-electron chi connectivity index (χ4n) is 4.95. The van der Waals surface area contributed by atoms with Crippen molar-refractivity contribution in [1.29, 1.82) is 0 Å². The van der Waals surface area contributed by atoms with Gasteiger partial charge in [0.2, 0.25) is 11.8 Å². The highest BCUT2D eigenvalue weighted by molar-refractivity contribution is 14.1. The van der Waals surface area contributed by atoms with E-state index in [0.717, 1.165) is 9.13 Å². The van der Waals surface area contributed by atoms with Crippen LogP contribution >= 0.6 is 22.6 Å². The molecule has 1 aromatic carbocycles. The number of amides is 2. The second kappa shape index (κ2) is 4.43. The molecule has 0 unspecified atom stereocenters. The van der Waals surface area contributed by atoms with Crippen LogP contribution in [0.15, 0.2) is 36.4 Å². The molecule has 4 aliphatic carbocycles. The van der Waals surface area contributed by atoms with Crippen molar-refractivity contribution < 1.29 is 9.59 Å². The average molecular weight is 405 g/mol. The monoisotopic (exact) mass is 405 g/mol. The van der Waals surface area contributed by atoms with E-state index >= 15 is 0 Å². The molecule has 1 aromatic rings. The number of halogens is 1. The van der Waals surface area contributed by atoms with Gasteiger partial charge in [-0.1, -0.05) is 24.3 Å². The number of benzene rings is 1. The minimum absolute atomic E-state index is 0.0678. The zero-order valence-corrected chi connectivity index (χ0v) is 14.1. The summed E-state index contributed by atoms with van der Waals surface area (Å²) in [5.41, 5.74) is 1.03. The highest BCUT2D eigenvalue weighted by atomic mass is 127. The first-order valence-corrected chi connectivity index (χ1v) is 9.01. The van der Waals surface area contributed by atoms with Gasteiger partial charge in [-0.25, -0.2) is 0 Å². The van der Waals surface area contributed by atoms with Gasteiger partial charge in [0.25, 0.3) is 0 Å². The number of imide groups is 1. The smallest absolute Gasteiger partial charge is 0.234 e. The number of hydrogen-bond donors (Lipinski definition) is 0. The summed E-state index contributed by atoms with van der Waals surface area (Å²) in [6, 6.07) is 8.06. The van der Waals surface area contributed by atoms with Gasteiger partial charge < -0.3 is 0 Å². The zero-order valence-electron chi connectivity index (χ0n) is 12.0. The zero-order chi connectivity index (χ0) is 15.0. The van der Waals surface area contributed by atoms with E-state index in [0.29, 0.717) is 30.2 Å². The Bertz CT molecular complexity index is 674. The van der Waals surface area contributed by atoms with E-state index in [1.54, 1.807) is 0 Å².